The van der Waals surface area contributed by atoms with Gasteiger partial charge >= 0.3 is 0 Å². The summed E-state index contributed by atoms with van der Waals surface area (Å²) >= 11 is 0. The number of hydrogen-bond acceptors (Lipinski definition) is 5. The third kappa shape index (κ3) is 8.89. The lowest BCUT2D eigenvalue weighted by Crippen LogP contribution is -2.56. The lowest BCUT2D eigenvalue weighted by molar-refractivity contribution is -0.0333. The van der Waals surface area contributed by atoms with Gasteiger partial charge in [-0.1, -0.05) is 26.2 Å². The number of morpholine rings is 1. The number of ether oxygens (including phenoxy) is 1. The van der Waals surface area contributed by atoms with Crippen molar-refractivity contribution >= 4 is 29.9 Å². The number of likely N-dealkylation sites (N-methyl/N-ethyl adjacent to an activating group) is 1. The molecular weight excluding hydrogens is 515 g/mol. The highest BCUT2D eigenvalue weighted by Crippen LogP contribution is 2.34. The summed E-state index contributed by atoms with van der Waals surface area (Å²) in [4.78, 5) is 12.9. The van der Waals surface area contributed by atoms with Gasteiger partial charge in [-0.15, -0.1) is 24.0 Å². The third-order valence-electron chi connectivity index (χ3n) is 7.45. The fraction of sp³-hybridized carbons (Fsp3) is 0.958. The average molecular weight is 565 g/mol. The Morgan fingerprint density at radius 3 is 2.22 bits per heavy atom. The Kier molecular flexibility index (Phi) is 13.8. The van der Waals surface area contributed by atoms with Crippen LogP contribution in [-0.4, -0.2) is 111 Å². The second kappa shape index (κ2) is 15.7. The Bertz CT molecular complexity index is 515. The maximum absolute atomic E-state index is 5.62. The maximum Gasteiger partial charge on any atom is 0.191 e. The predicted octanol–water partition coefficient (Wildman–Crippen LogP) is 2.61. The van der Waals surface area contributed by atoms with Gasteiger partial charge in [-0.25, -0.2) is 0 Å². The van der Waals surface area contributed by atoms with Crippen LogP contribution in [0.4, 0.5) is 0 Å². The van der Waals surface area contributed by atoms with E-state index < -0.39 is 0 Å². The minimum absolute atomic E-state index is 0. The standard InChI is InChI=1S/C24H48N6O.HI/c1-3-25-23(26-12-8-9-13-29-16-14-28(4-2)15-17-29)27-22-24(10-6-5-7-11-24)30-18-20-31-21-19-30;/h3-22H2,1-2H3,(H2,25,26,27);1H. The summed E-state index contributed by atoms with van der Waals surface area (Å²) in [5.41, 5.74) is 0.241. The monoisotopic (exact) mass is 564 g/mol. The lowest BCUT2D eigenvalue weighted by Gasteiger charge is -2.47. The molecule has 8 heteroatoms. The molecule has 0 radical (unpaired) electrons. The molecule has 0 unspecified atom stereocenters. The Morgan fingerprint density at radius 1 is 0.875 bits per heavy atom. The van der Waals surface area contributed by atoms with Crippen LogP contribution >= 0.6 is 24.0 Å². The summed E-state index contributed by atoms with van der Waals surface area (Å²) in [7, 11) is 0. The van der Waals surface area contributed by atoms with Crippen LogP contribution in [0.5, 0.6) is 0 Å². The molecule has 0 amide bonds. The number of nitrogens with one attached hydrogen (secondary N) is 2. The smallest absolute Gasteiger partial charge is 0.191 e. The van der Waals surface area contributed by atoms with Crippen LogP contribution < -0.4 is 10.6 Å². The van der Waals surface area contributed by atoms with Crippen molar-refractivity contribution in [1.82, 2.24) is 25.3 Å². The van der Waals surface area contributed by atoms with Crippen LogP contribution in [0.1, 0.15) is 58.8 Å². The van der Waals surface area contributed by atoms with Crippen LogP contribution in [0.3, 0.4) is 0 Å². The number of piperazine rings is 1. The second-order valence-electron chi connectivity index (χ2n) is 9.49. The molecule has 3 fully saturated rings. The van der Waals surface area contributed by atoms with Gasteiger partial charge in [0, 0.05) is 57.9 Å². The van der Waals surface area contributed by atoms with Gasteiger partial charge in [0.25, 0.3) is 0 Å². The van der Waals surface area contributed by atoms with Crippen molar-refractivity contribution in [2.24, 2.45) is 4.99 Å². The Labute approximate surface area is 214 Å². The van der Waals surface area contributed by atoms with E-state index in [9.17, 15) is 0 Å². The molecule has 32 heavy (non-hydrogen) atoms. The molecule has 0 aromatic heterocycles. The van der Waals surface area contributed by atoms with E-state index in [1.165, 1.54) is 84.2 Å². The molecule has 0 aromatic carbocycles. The van der Waals surface area contributed by atoms with E-state index >= 15 is 0 Å². The van der Waals surface area contributed by atoms with Crippen LogP contribution in [0.15, 0.2) is 4.99 Å². The molecule has 0 atom stereocenters. The second-order valence-corrected chi connectivity index (χ2v) is 9.49. The molecule has 1 saturated carbocycles. The third-order valence-corrected chi connectivity index (χ3v) is 7.45. The largest absolute Gasteiger partial charge is 0.379 e. The molecule has 0 bridgehead atoms. The molecule has 0 aromatic rings. The number of halogens is 1. The Hall–Kier alpha value is -0.160. The summed E-state index contributed by atoms with van der Waals surface area (Å²) < 4.78 is 5.62. The van der Waals surface area contributed by atoms with Crippen molar-refractivity contribution in [2.75, 3.05) is 85.2 Å². The van der Waals surface area contributed by atoms with E-state index in [1.807, 2.05) is 0 Å². The highest BCUT2D eigenvalue weighted by molar-refractivity contribution is 14.0. The van der Waals surface area contributed by atoms with E-state index in [0.29, 0.717) is 0 Å². The summed E-state index contributed by atoms with van der Waals surface area (Å²) in [5, 5.41) is 7.08. The lowest BCUT2D eigenvalue weighted by atomic mass is 9.80. The number of hydrogen-bond donors (Lipinski definition) is 2. The van der Waals surface area contributed by atoms with E-state index in [1.54, 1.807) is 0 Å². The highest BCUT2D eigenvalue weighted by atomic mass is 127. The van der Waals surface area contributed by atoms with Crippen molar-refractivity contribution in [3.8, 4) is 0 Å². The quantitative estimate of drug-likeness (QED) is 0.184. The van der Waals surface area contributed by atoms with Crippen LogP contribution in [0.2, 0.25) is 0 Å². The first-order valence-corrected chi connectivity index (χ1v) is 13.1. The Morgan fingerprint density at radius 2 is 1.56 bits per heavy atom. The molecule has 2 aliphatic heterocycles. The number of aliphatic imine (C=N–C) groups is 1. The van der Waals surface area contributed by atoms with Crippen LogP contribution in [-0.2, 0) is 4.74 Å². The molecule has 3 rings (SSSR count). The SMILES string of the molecule is CCNC(=NCC1(N2CCOCC2)CCCCC1)NCCCCN1CCN(CC)CC1.I. The molecule has 0 spiro atoms. The van der Waals surface area contributed by atoms with Gasteiger partial charge in [0.15, 0.2) is 5.96 Å². The Balaban J connectivity index is 0.00000363. The molecule has 2 N–H and O–H groups in total. The number of unbranched alkanes of at least 4 members (excludes halogenated alkanes) is 1. The van der Waals surface area contributed by atoms with Gasteiger partial charge < -0.3 is 25.2 Å². The first kappa shape index (κ1) is 28.1. The molecule has 2 saturated heterocycles. The molecule has 7 nitrogen and oxygen atoms in total. The van der Waals surface area contributed by atoms with Gasteiger partial charge in [-0.2, -0.15) is 0 Å². The van der Waals surface area contributed by atoms with E-state index in [-0.39, 0.29) is 29.5 Å². The molecular formula is C24H49IN6O. The van der Waals surface area contributed by atoms with Gasteiger partial charge in [-0.05, 0) is 45.7 Å². The first-order valence-electron chi connectivity index (χ1n) is 13.1. The van der Waals surface area contributed by atoms with Gasteiger partial charge in [0.05, 0.1) is 19.8 Å². The minimum atomic E-state index is 0. The van der Waals surface area contributed by atoms with E-state index in [2.05, 4.69) is 39.2 Å². The predicted molar refractivity (Wildman–Crippen MR) is 145 cm³/mol. The van der Waals surface area contributed by atoms with Crippen molar-refractivity contribution in [2.45, 2.75) is 64.3 Å². The topological polar surface area (TPSA) is 55.4 Å². The summed E-state index contributed by atoms with van der Waals surface area (Å²) in [5.74, 6) is 0.997. The highest BCUT2D eigenvalue weighted by Gasteiger charge is 2.38. The zero-order valence-electron chi connectivity index (χ0n) is 20.7. The molecule has 188 valence electrons. The number of rotatable bonds is 10. The van der Waals surface area contributed by atoms with Gasteiger partial charge in [0.2, 0.25) is 0 Å². The molecule has 3 aliphatic rings. The van der Waals surface area contributed by atoms with Gasteiger partial charge in [0.1, 0.15) is 0 Å². The van der Waals surface area contributed by atoms with Crippen molar-refractivity contribution < 1.29 is 4.74 Å². The summed E-state index contributed by atoms with van der Waals surface area (Å²) in [6.45, 7) is 18.5. The average Bonchev–Trinajstić information content (AvgIpc) is 2.84. The normalized spacial score (nSPS) is 23.5. The maximum atomic E-state index is 5.62. The number of guanidine groups is 1. The van der Waals surface area contributed by atoms with E-state index in [0.717, 1.165) is 51.9 Å². The van der Waals surface area contributed by atoms with Crippen LogP contribution in [0.25, 0.3) is 0 Å². The summed E-state index contributed by atoms with van der Waals surface area (Å²) in [6.07, 6.45) is 9.07. The summed E-state index contributed by atoms with van der Waals surface area (Å²) in [6, 6.07) is 0. The van der Waals surface area contributed by atoms with Crippen molar-refractivity contribution in [3.63, 3.8) is 0 Å². The van der Waals surface area contributed by atoms with Gasteiger partial charge in [-0.3, -0.25) is 9.89 Å². The fourth-order valence-corrected chi connectivity index (χ4v) is 5.39. The minimum Gasteiger partial charge on any atom is -0.379 e. The molecule has 2 heterocycles. The van der Waals surface area contributed by atoms with Crippen molar-refractivity contribution in [3.05, 3.63) is 0 Å². The van der Waals surface area contributed by atoms with E-state index in [4.69, 9.17) is 9.73 Å². The molecule has 1 aliphatic carbocycles. The number of nitrogens with zero attached hydrogens (tertiary/aromatic N) is 4. The zero-order chi connectivity index (χ0) is 21.8. The fourth-order valence-electron chi connectivity index (χ4n) is 5.39. The van der Waals surface area contributed by atoms with Crippen LogP contribution in [0, 0.1) is 0 Å². The van der Waals surface area contributed by atoms with Crippen molar-refractivity contribution in [1.29, 1.82) is 0 Å². The first-order chi connectivity index (χ1) is 15.3. The zero-order valence-corrected chi connectivity index (χ0v) is 23.1.